The van der Waals surface area contributed by atoms with Gasteiger partial charge in [0.05, 0.1) is 6.54 Å². The molecule has 7 heteroatoms. The molecular weight excluding hydrogens is 318 g/mol. The third-order valence-electron chi connectivity index (χ3n) is 4.17. The molecule has 0 bridgehead atoms. The SMILES string of the molecule is C[C@@H](Cn1cccn1)NC(=O)NCc1ccc(N2CCCC2=O)cc1. The van der Waals surface area contributed by atoms with Crippen molar-refractivity contribution in [3.8, 4) is 0 Å². The lowest BCUT2D eigenvalue weighted by molar-refractivity contribution is -0.117. The van der Waals surface area contributed by atoms with E-state index in [1.54, 1.807) is 15.8 Å². The van der Waals surface area contributed by atoms with Gasteiger partial charge in [0, 0.05) is 43.6 Å². The van der Waals surface area contributed by atoms with Crippen LogP contribution in [0.3, 0.4) is 0 Å². The second kappa shape index (κ2) is 7.83. The molecule has 1 aliphatic heterocycles. The maximum atomic E-state index is 12.0. The minimum atomic E-state index is -0.210. The van der Waals surface area contributed by atoms with Gasteiger partial charge in [0.2, 0.25) is 5.91 Å². The first-order valence-corrected chi connectivity index (χ1v) is 8.53. The van der Waals surface area contributed by atoms with Gasteiger partial charge in [0.25, 0.3) is 0 Å². The number of urea groups is 1. The molecule has 132 valence electrons. The number of carbonyl (C=O) groups excluding carboxylic acids is 2. The minimum Gasteiger partial charge on any atom is -0.334 e. The molecule has 0 saturated carbocycles. The summed E-state index contributed by atoms with van der Waals surface area (Å²) < 4.78 is 1.78. The van der Waals surface area contributed by atoms with Gasteiger partial charge in [-0.3, -0.25) is 9.48 Å². The van der Waals surface area contributed by atoms with Crippen LogP contribution in [0.15, 0.2) is 42.7 Å². The molecular formula is C18H23N5O2. The summed E-state index contributed by atoms with van der Waals surface area (Å²) in [5.41, 5.74) is 1.91. The first-order chi connectivity index (χ1) is 12.1. The van der Waals surface area contributed by atoms with Crippen LogP contribution in [-0.2, 0) is 17.9 Å². The number of aromatic nitrogens is 2. The molecule has 0 radical (unpaired) electrons. The van der Waals surface area contributed by atoms with Crippen molar-refractivity contribution in [1.82, 2.24) is 20.4 Å². The fourth-order valence-corrected chi connectivity index (χ4v) is 2.91. The molecule has 2 heterocycles. The molecule has 3 rings (SSSR count). The van der Waals surface area contributed by atoms with Gasteiger partial charge >= 0.3 is 6.03 Å². The molecule has 0 spiro atoms. The maximum Gasteiger partial charge on any atom is 0.315 e. The lowest BCUT2D eigenvalue weighted by Crippen LogP contribution is -2.42. The number of nitrogens with one attached hydrogen (secondary N) is 2. The van der Waals surface area contributed by atoms with Crippen molar-refractivity contribution >= 4 is 17.6 Å². The van der Waals surface area contributed by atoms with Gasteiger partial charge in [-0.15, -0.1) is 0 Å². The predicted octanol–water partition coefficient (Wildman–Crippen LogP) is 1.90. The summed E-state index contributed by atoms with van der Waals surface area (Å²) in [4.78, 5) is 25.5. The summed E-state index contributed by atoms with van der Waals surface area (Å²) in [6.07, 6.45) is 5.12. The standard InChI is InChI=1S/C18H23N5O2/c1-14(13-22-10-3-9-20-22)21-18(25)19-12-15-5-7-16(8-6-15)23-11-2-4-17(23)24/h3,5-10,14H,2,4,11-13H2,1H3,(H2,19,21,25)/t14-/m0/s1. The van der Waals surface area contributed by atoms with Gasteiger partial charge in [-0.2, -0.15) is 5.10 Å². The highest BCUT2D eigenvalue weighted by Crippen LogP contribution is 2.21. The van der Waals surface area contributed by atoms with Crippen LogP contribution in [0.25, 0.3) is 0 Å². The van der Waals surface area contributed by atoms with E-state index < -0.39 is 0 Å². The Hall–Kier alpha value is -2.83. The second-order valence-corrected chi connectivity index (χ2v) is 6.27. The monoisotopic (exact) mass is 341 g/mol. The minimum absolute atomic E-state index is 0.0246. The number of amides is 3. The van der Waals surface area contributed by atoms with Crippen LogP contribution in [0.4, 0.5) is 10.5 Å². The lowest BCUT2D eigenvalue weighted by atomic mass is 10.2. The summed E-state index contributed by atoms with van der Waals surface area (Å²) in [5.74, 6) is 0.177. The summed E-state index contributed by atoms with van der Waals surface area (Å²) in [5, 5.41) is 9.85. The number of nitrogens with zero attached hydrogens (tertiary/aromatic N) is 3. The Bertz CT molecular complexity index is 712. The first kappa shape index (κ1) is 17.0. The molecule has 0 unspecified atom stereocenters. The molecule has 2 aromatic rings. The van der Waals surface area contributed by atoms with Gasteiger partial charge in [0.1, 0.15) is 0 Å². The van der Waals surface area contributed by atoms with Crippen LogP contribution < -0.4 is 15.5 Å². The average molecular weight is 341 g/mol. The molecule has 1 aromatic heterocycles. The van der Waals surface area contributed by atoms with E-state index in [0.717, 1.165) is 24.2 Å². The van der Waals surface area contributed by atoms with Crippen LogP contribution in [0.1, 0.15) is 25.3 Å². The van der Waals surface area contributed by atoms with Gasteiger partial charge in [0.15, 0.2) is 0 Å². The Morgan fingerprint density at radius 1 is 1.32 bits per heavy atom. The van der Waals surface area contributed by atoms with Gasteiger partial charge < -0.3 is 15.5 Å². The zero-order valence-electron chi connectivity index (χ0n) is 14.3. The Kier molecular flexibility index (Phi) is 5.33. The molecule has 3 amide bonds. The van der Waals surface area contributed by atoms with Crippen molar-refractivity contribution in [3.05, 3.63) is 48.3 Å². The van der Waals surface area contributed by atoms with Crippen molar-refractivity contribution in [2.75, 3.05) is 11.4 Å². The number of carbonyl (C=O) groups is 2. The number of hydrogen-bond acceptors (Lipinski definition) is 3. The molecule has 25 heavy (non-hydrogen) atoms. The molecule has 1 fully saturated rings. The van der Waals surface area contributed by atoms with E-state index >= 15 is 0 Å². The molecule has 7 nitrogen and oxygen atoms in total. The molecule has 1 atom stereocenters. The van der Waals surface area contributed by atoms with Crippen molar-refractivity contribution < 1.29 is 9.59 Å². The Morgan fingerprint density at radius 2 is 2.12 bits per heavy atom. The number of hydrogen-bond donors (Lipinski definition) is 2. The number of anilines is 1. The van der Waals surface area contributed by atoms with Crippen molar-refractivity contribution in [3.63, 3.8) is 0 Å². The van der Waals surface area contributed by atoms with Crippen LogP contribution >= 0.6 is 0 Å². The summed E-state index contributed by atoms with van der Waals surface area (Å²) in [6, 6.07) is 9.35. The molecule has 1 aliphatic rings. The topological polar surface area (TPSA) is 79.3 Å². The Balaban J connectivity index is 1.44. The molecule has 1 aromatic carbocycles. The molecule has 0 aliphatic carbocycles. The normalized spacial score (nSPS) is 15.2. The quantitative estimate of drug-likeness (QED) is 0.842. The van der Waals surface area contributed by atoms with Crippen LogP contribution in [0.5, 0.6) is 0 Å². The van der Waals surface area contributed by atoms with Crippen LogP contribution in [-0.4, -0.2) is 34.3 Å². The van der Waals surface area contributed by atoms with E-state index in [1.807, 2.05) is 43.5 Å². The fourth-order valence-electron chi connectivity index (χ4n) is 2.91. The lowest BCUT2D eigenvalue weighted by Gasteiger charge is -2.17. The summed E-state index contributed by atoms with van der Waals surface area (Å²) in [6.45, 7) is 3.78. The molecule has 2 N–H and O–H groups in total. The smallest absolute Gasteiger partial charge is 0.315 e. The van der Waals surface area contributed by atoms with Crippen LogP contribution in [0.2, 0.25) is 0 Å². The largest absolute Gasteiger partial charge is 0.334 e. The van der Waals surface area contributed by atoms with E-state index in [9.17, 15) is 9.59 Å². The van der Waals surface area contributed by atoms with E-state index in [0.29, 0.717) is 19.5 Å². The van der Waals surface area contributed by atoms with Crippen molar-refractivity contribution in [2.45, 2.75) is 38.9 Å². The third-order valence-corrected chi connectivity index (χ3v) is 4.17. The maximum absolute atomic E-state index is 12.0. The fraction of sp³-hybridized carbons (Fsp3) is 0.389. The summed E-state index contributed by atoms with van der Waals surface area (Å²) >= 11 is 0. The highest BCUT2D eigenvalue weighted by Gasteiger charge is 2.21. The third kappa shape index (κ3) is 4.59. The second-order valence-electron chi connectivity index (χ2n) is 6.27. The zero-order valence-corrected chi connectivity index (χ0v) is 14.3. The Morgan fingerprint density at radius 3 is 2.76 bits per heavy atom. The molecule has 1 saturated heterocycles. The average Bonchev–Trinajstić information content (AvgIpc) is 3.25. The van der Waals surface area contributed by atoms with Crippen molar-refractivity contribution in [1.29, 1.82) is 0 Å². The Labute approximate surface area is 147 Å². The first-order valence-electron chi connectivity index (χ1n) is 8.53. The van der Waals surface area contributed by atoms with E-state index in [-0.39, 0.29) is 18.0 Å². The zero-order chi connectivity index (χ0) is 17.6. The summed E-state index contributed by atoms with van der Waals surface area (Å²) in [7, 11) is 0. The highest BCUT2D eigenvalue weighted by molar-refractivity contribution is 5.95. The van der Waals surface area contributed by atoms with E-state index in [4.69, 9.17) is 0 Å². The van der Waals surface area contributed by atoms with Crippen LogP contribution in [0, 0.1) is 0 Å². The van der Waals surface area contributed by atoms with E-state index in [1.165, 1.54) is 0 Å². The highest BCUT2D eigenvalue weighted by atomic mass is 16.2. The van der Waals surface area contributed by atoms with Gasteiger partial charge in [-0.05, 0) is 37.1 Å². The van der Waals surface area contributed by atoms with Crippen molar-refractivity contribution in [2.24, 2.45) is 0 Å². The number of benzene rings is 1. The van der Waals surface area contributed by atoms with Gasteiger partial charge in [-0.25, -0.2) is 4.79 Å². The number of rotatable bonds is 6. The van der Waals surface area contributed by atoms with Gasteiger partial charge in [-0.1, -0.05) is 12.1 Å². The van der Waals surface area contributed by atoms with E-state index in [2.05, 4.69) is 15.7 Å². The predicted molar refractivity (Wildman–Crippen MR) is 95.1 cm³/mol.